The van der Waals surface area contributed by atoms with Crippen LogP contribution in [0.25, 0.3) is 10.9 Å². The Labute approximate surface area is 201 Å². The van der Waals surface area contributed by atoms with Crippen molar-refractivity contribution in [3.05, 3.63) is 48.2 Å². The molecule has 0 unspecified atom stereocenters. The molecule has 0 amide bonds. The molecule has 4 rings (SSSR count). The number of aliphatic imine (C=N–C) groups is 1. The van der Waals surface area contributed by atoms with Gasteiger partial charge in [-0.3, -0.25) is 4.99 Å². The molecule has 8 heteroatoms. The van der Waals surface area contributed by atoms with Gasteiger partial charge in [-0.25, -0.2) is 0 Å². The minimum Gasteiger partial charge on any atom is -0.356 e. The van der Waals surface area contributed by atoms with Crippen molar-refractivity contribution in [3.8, 4) is 0 Å². The maximum absolute atomic E-state index is 4.42. The third-order valence-electron chi connectivity index (χ3n) is 5.83. The van der Waals surface area contributed by atoms with Crippen LogP contribution < -0.4 is 10.6 Å². The number of nitrogens with one attached hydrogen (secondary N) is 2. The second-order valence-electron chi connectivity index (χ2n) is 7.95. The average molecular weight is 535 g/mol. The van der Waals surface area contributed by atoms with E-state index in [4.69, 9.17) is 0 Å². The molecule has 2 aromatic heterocycles. The molecule has 0 aliphatic carbocycles. The van der Waals surface area contributed by atoms with Crippen LogP contribution in [0.5, 0.6) is 0 Å². The van der Waals surface area contributed by atoms with Crippen molar-refractivity contribution in [1.82, 2.24) is 30.0 Å². The van der Waals surface area contributed by atoms with E-state index < -0.39 is 0 Å². The number of halogens is 1. The zero-order valence-electron chi connectivity index (χ0n) is 18.4. The Hall–Kier alpha value is -2.10. The first-order valence-electron chi connectivity index (χ1n) is 11.2. The quantitative estimate of drug-likeness (QED) is 0.200. The molecule has 0 spiro atoms. The Kier molecular flexibility index (Phi) is 9.17. The van der Waals surface area contributed by atoms with Crippen LogP contribution in [-0.4, -0.2) is 45.4 Å². The summed E-state index contributed by atoms with van der Waals surface area (Å²) in [6.07, 6.45) is 10.0. The van der Waals surface area contributed by atoms with Gasteiger partial charge in [-0.2, -0.15) is 0 Å². The number of para-hydroxylation sites is 1. The SMILES string of the molecule is CN=C(NCCCc1nnc2n1CCCCC2)NCCCn1ccc2ccccc21.I. The zero-order valence-corrected chi connectivity index (χ0v) is 20.7. The van der Waals surface area contributed by atoms with Gasteiger partial charge in [0.15, 0.2) is 5.96 Å². The van der Waals surface area contributed by atoms with E-state index in [0.29, 0.717) is 0 Å². The Morgan fingerprint density at radius 1 is 1.03 bits per heavy atom. The highest BCUT2D eigenvalue weighted by Crippen LogP contribution is 2.16. The second-order valence-corrected chi connectivity index (χ2v) is 7.95. The minimum absolute atomic E-state index is 0. The first-order chi connectivity index (χ1) is 14.8. The van der Waals surface area contributed by atoms with Crippen LogP contribution in [0.1, 0.15) is 43.8 Å². The van der Waals surface area contributed by atoms with Gasteiger partial charge in [-0.05, 0) is 43.2 Å². The van der Waals surface area contributed by atoms with Gasteiger partial charge in [0.05, 0.1) is 0 Å². The summed E-state index contributed by atoms with van der Waals surface area (Å²) in [7, 11) is 1.83. The molecule has 1 aliphatic heterocycles. The van der Waals surface area contributed by atoms with Crippen molar-refractivity contribution >= 4 is 40.8 Å². The van der Waals surface area contributed by atoms with E-state index in [1.807, 2.05) is 7.05 Å². The molecule has 0 atom stereocenters. The third kappa shape index (κ3) is 6.21. The summed E-state index contributed by atoms with van der Waals surface area (Å²) in [5.41, 5.74) is 1.30. The number of rotatable bonds is 8. The Morgan fingerprint density at radius 3 is 2.74 bits per heavy atom. The fourth-order valence-electron chi connectivity index (χ4n) is 4.20. The van der Waals surface area contributed by atoms with Gasteiger partial charge in [0.1, 0.15) is 11.6 Å². The number of hydrogen-bond donors (Lipinski definition) is 2. The highest BCUT2D eigenvalue weighted by molar-refractivity contribution is 14.0. The van der Waals surface area contributed by atoms with E-state index in [0.717, 1.165) is 63.6 Å². The lowest BCUT2D eigenvalue weighted by molar-refractivity contribution is 0.593. The number of hydrogen-bond acceptors (Lipinski definition) is 3. The number of benzene rings is 1. The molecule has 0 saturated carbocycles. The van der Waals surface area contributed by atoms with E-state index >= 15 is 0 Å². The standard InChI is InChI=1S/C23H33N7.HI/c1-24-23(26-15-8-16-29-18-13-19-9-4-5-10-20(19)29)25-14-7-12-22-28-27-21-11-3-2-6-17-30(21)22;/h4-5,9-10,13,18H,2-3,6-8,11-12,14-17H2,1H3,(H2,24,25,26);1H. The van der Waals surface area contributed by atoms with E-state index in [-0.39, 0.29) is 24.0 Å². The summed E-state index contributed by atoms with van der Waals surface area (Å²) >= 11 is 0. The van der Waals surface area contributed by atoms with Crippen molar-refractivity contribution < 1.29 is 0 Å². The third-order valence-corrected chi connectivity index (χ3v) is 5.83. The lowest BCUT2D eigenvalue weighted by Crippen LogP contribution is -2.38. The molecule has 168 valence electrons. The van der Waals surface area contributed by atoms with Gasteiger partial charge in [0, 0.05) is 57.8 Å². The average Bonchev–Trinajstić information content (AvgIpc) is 3.28. The van der Waals surface area contributed by atoms with Crippen LogP contribution in [0.3, 0.4) is 0 Å². The monoisotopic (exact) mass is 535 g/mol. The molecular formula is C23H34IN7. The van der Waals surface area contributed by atoms with Crippen LogP contribution in [0.15, 0.2) is 41.5 Å². The van der Waals surface area contributed by atoms with Crippen molar-refractivity contribution in [3.63, 3.8) is 0 Å². The van der Waals surface area contributed by atoms with Gasteiger partial charge in [-0.1, -0.05) is 24.6 Å². The summed E-state index contributed by atoms with van der Waals surface area (Å²) in [4.78, 5) is 4.34. The summed E-state index contributed by atoms with van der Waals surface area (Å²) < 4.78 is 4.65. The molecule has 7 nitrogen and oxygen atoms in total. The predicted octanol–water partition coefficient (Wildman–Crippen LogP) is 3.77. The van der Waals surface area contributed by atoms with Crippen molar-refractivity contribution in [2.24, 2.45) is 4.99 Å². The molecule has 3 heterocycles. The zero-order chi connectivity index (χ0) is 20.6. The fraction of sp³-hybridized carbons (Fsp3) is 0.522. The highest BCUT2D eigenvalue weighted by atomic mass is 127. The van der Waals surface area contributed by atoms with Gasteiger partial charge in [0.2, 0.25) is 0 Å². The van der Waals surface area contributed by atoms with Crippen LogP contribution >= 0.6 is 24.0 Å². The summed E-state index contributed by atoms with van der Waals surface area (Å²) in [5.74, 6) is 3.17. The van der Waals surface area contributed by atoms with E-state index in [2.05, 4.69) is 71.5 Å². The smallest absolute Gasteiger partial charge is 0.190 e. The number of guanidine groups is 1. The molecular weight excluding hydrogens is 501 g/mol. The van der Waals surface area contributed by atoms with E-state index in [9.17, 15) is 0 Å². The second kappa shape index (κ2) is 12.1. The fourth-order valence-corrected chi connectivity index (χ4v) is 4.20. The van der Waals surface area contributed by atoms with Crippen LogP contribution in [-0.2, 0) is 25.9 Å². The predicted molar refractivity (Wildman–Crippen MR) is 137 cm³/mol. The Bertz CT molecular complexity index is 975. The first kappa shape index (κ1) is 23.6. The Morgan fingerprint density at radius 2 is 1.87 bits per heavy atom. The lowest BCUT2D eigenvalue weighted by atomic mass is 10.2. The highest BCUT2D eigenvalue weighted by Gasteiger charge is 2.14. The number of aromatic nitrogens is 4. The van der Waals surface area contributed by atoms with E-state index in [1.54, 1.807) is 0 Å². The lowest BCUT2D eigenvalue weighted by Gasteiger charge is -2.12. The van der Waals surface area contributed by atoms with Gasteiger partial charge >= 0.3 is 0 Å². The largest absolute Gasteiger partial charge is 0.356 e. The van der Waals surface area contributed by atoms with Crippen LogP contribution in [0.4, 0.5) is 0 Å². The van der Waals surface area contributed by atoms with Crippen LogP contribution in [0.2, 0.25) is 0 Å². The normalized spacial score (nSPS) is 14.0. The first-order valence-corrected chi connectivity index (χ1v) is 11.2. The molecule has 1 aromatic carbocycles. The van der Waals surface area contributed by atoms with Gasteiger partial charge < -0.3 is 19.8 Å². The summed E-state index contributed by atoms with van der Waals surface area (Å²) in [6.45, 7) is 3.84. The molecule has 31 heavy (non-hydrogen) atoms. The van der Waals surface area contributed by atoms with Crippen LogP contribution in [0, 0.1) is 0 Å². The maximum Gasteiger partial charge on any atom is 0.190 e. The minimum atomic E-state index is 0. The molecule has 0 bridgehead atoms. The topological polar surface area (TPSA) is 72.1 Å². The number of nitrogens with zero attached hydrogens (tertiary/aromatic N) is 5. The summed E-state index contributed by atoms with van der Waals surface area (Å²) in [6, 6.07) is 10.7. The molecule has 1 aliphatic rings. The van der Waals surface area contributed by atoms with Crippen molar-refractivity contribution in [2.75, 3.05) is 20.1 Å². The van der Waals surface area contributed by atoms with Gasteiger partial charge in [-0.15, -0.1) is 34.2 Å². The Balaban J connectivity index is 0.00000272. The molecule has 2 N–H and O–H groups in total. The van der Waals surface area contributed by atoms with Crippen molar-refractivity contribution in [2.45, 2.75) is 58.0 Å². The molecule has 0 radical (unpaired) electrons. The summed E-state index contributed by atoms with van der Waals surface area (Å²) in [5, 5.41) is 17.0. The molecule has 3 aromatic rings. The molecule has 0 fully saturated rings. The molecule has 0 saturated heterocycles. The van der Waals surface area contributed by atoms with Gasteiger partial charge in [0.25, 0.3) is 0 Å². The number of aryl methyl sites for hydroxylation is 3. The number of fused-ring (bicyclic) bond motifs is 2. The van der Waals surface area contributed by atoms with Crippen molar-refractivity contribution in [1.29, 1.82) is 0 Å². The maximum atomic E-state index is 4.42. The van der Waals surface area contributed by atoms with E-state index in [1.165, 1.54) is 36.0 Å².